The van der Waals surface area contributed by atoms with Crippen LogP contribution >= 0.6 is 11.3 Å². The topological polar surface area (TPSA) is 38.8 Å². The number of rotatable bonds is 1. The van der Waals surface area contributed by atoms with Crippen LogP contribution in [0, 0.1) is 0 Å². The Hall–Kier alpha value is -1.23. The molecule has 0 aromatic carbocycles. The normalized spacial score (nSPS) is 18.8. The number of carbonyl (C=O) groups excluding carboxylic acids is 1. The van der Waals surface area contributed by atoms with E-state index in [1.807, 2.05) is 26.2 Å². The molecule has 1 aromatic rings. The van der Waals surface area contributed by atoms with Crippen molar-refractivity contribution in [2.45, 2.75) is 38.8 Å². The Morgan fingerprint density at radius 3 is 2.89 bits per heavy atom. The van der Waals surface area contributed by atoms with Crippen molar-refractivity contribution >= 4 is 17.4 Å². The summed E-state index contributed by atoms with van der Waals surface area (Å²) in [4.78, 5) is 13.6. The highest BCUT2D eigenvalue weighted by Gasteiger charge is 2.29. The zero-order valence-corrected chi connectivity index (χ0v) is 12.0. The monoisotopic (exact) mass is 269 g/mol. The second-order valence-electron chi connectivity index (χ2n) is 5.52. The molecule has 0 N–H and O–H groups in total. The summed E-state index contributed by atoms with van der Waals surface area (Å²) in [7, 11) is 1.76. The Morgan fingerprint density at radius 1 is 1.50 bits per heavy atom. The van der Waals surface area contributed by atoms with Crippen molar-refractivity contribution in [1.82, 2.24) is 4.90 Å². The standard InChI is InChI=1S/C13H19NO3S/c1-13(2,3)17-12(15)14(4)10-5-9-7-18-8-11(9)16-6-10/h7-8,10H,5-6H2,1-4H3/t10-/m1/s1. The predicted molar refractivity (Wildman–Crippen MR) is 71.3 cm³/mol. The summed E-state index contributed by atoms with van der Waals surface area (Å²) in [5.74, 6) is 0.953. The highest BCUT2D eigenvalue weighted by atomic mass is 32.1. The van der Waals surface area contributed by atoms with E-state index < -0.39 is 5.60 Å². The van der Waals surface area contributed by atoms with Crippen molar-refractivity contribution in [2.75, 3.05) is 13.7 Å². The van der Waals surface area contributed by atoms with Crippen molar-refractivity contribution in [3.63, 3.8) is 0 Å². The second kappa shape index (κ2) is 4.80. The van der Waals surface area contributed by atoms with E-state index >= 15 is 0 Å². The van der Waals surface area contributed by atoms with E-state index in [-0.39, 0.29) is 12.1 Å². The maximum Gasteiger partial charge on any atom is 0.410 e. The molecule has 1 aliphatic heterocycles. The Morgan fingerprint density at radius 2 is 2.22 bits per heavy atom. The van der Waals surface area contributed by atoms with Crippen LogP contribution in [0.25, 0.3) is 0 Å². The van der Waals surface area contributed by atoms with Crippen LogP contribution in [0.15, 0.2) is 10.8 Å². The zero-order valence-electron chi connectivity index (χ0n) is 11.2. The molecular formula is C13H19NO3S. The van der Waals surface area contributed by atoms with Gasteiger partial charge >= 0.3 is 6.09 Å². The molecule has 1 atom stereocenters. The first-order valence-electron chi connectivity index (χ1n) is 6.00. The van der Waals surface area contributed by atoms with Gasteiger partial charge in [-0.1, -0.05) is 0 Å². The van der Waals surface area contributed by atoms with Crippen LogP contribution in [0.3, 0.4) is 0 Å². The van der Waals surface area contributed by atoms with Crippen molar-refractivity contribution in [3.8, 4) is 5.75 Å². The lowest BCUT2D eigenvalue weighted by Crippen LogP contribution is -2.46. The largest absolute Gasteiger partial charge is 0.490 e. The van der Waals surface area contributed by atoms with Gasteiger partial charge in [0.15, 0.2) is 0 Å². The molecule has 100 valence electrons. The molecule has 0 fully saturated rings. The summed E-state index contributed by atoms with van der Waals surface area (Å²) in [6.07, 6.45) is 0.531. The van der Waals surface area contributed by atoms with Crippen LogP contribution in [0.5, 0.6) is 5.75 Å². The van der Waals surface area contributed by atoms with Gasteiger partial charge in [-0.2, -0.15) is 0 Å². The lowest BCUT2D eigenvalue weighted by Gasteiger charge is -2.32. The molecule has 0 saturated carbocycles. The average Bonchev–Trinajstić information content (AvgIpc) is 2.72. The molecule has 1 amide bonds. The van der Waals surface area contributed by atoms with Crippen LogP contribution < -0.4 is 4.74 Å². The van der Waals surface area contributed by atoms with Gasteiger partial charge in [-0.15, -0.1) is 11.3 Å². The summed E-state index contributed by atoms with van der Waals surface area (Å²) in [5, 5.41) is 4.07. The van der Waals surface area contributed by atoms with E-state index in [0.717, 1.165) is 12.2 Å². The SMILES string of the molecule is CN(C(=O)OC(C)(C)C)[C@H]1COc2cscc2C1. The van der Waals surface area contributed by atoms with Gasteiger partial charge in [0.25, 0.3) is 0 Å². The van der Waals surface area contributed by atoms with Crippen LogP contribution in [0.4, 0.5) is 4.79 Å². The maximum absolute atomic E-state index is 12.0. The third-order valence-corrected chi connectivity index (χ3v) is 3.59. The number of ether oxygens (including phenoxy) is 2. The minimum absolute atomic E-state index is 0.0435. The highest BCUT2D eigenvalue weighted by Crippen LogP contribution is 2.30. The van der Waals surface area contributed by atoms with E-state index in [1.54, 1.807) is 23.3 Å². The molecule has 0 spiro atoms. The highest BCUT2D eigenvalue weighted by molar-refractivity contribution is 7.08. The molecule has 1 aromatic heterocycles. The number of hydrogen-bond acceptors (Lipinski definition) is 4. The molecule has 2 heterocycles. The van der Waals surface area contributed by atoms with E-state index in [1.165, 1.54) is 5.56 Å². The fourth-order valence-corrected chi connectivity index (χ4v) is 2.61. The van der Waals surface area contributed by atoms with Crippen LogP contribution in [-0.2, 0) is 11.2 Å². The number of fused-ring (bicyclic) bond motifs is 1. The van der Waals surface area contributed by atoms with Gasteiger partial charge in [-0.3, -0.25) is 0 Å². The summed E-state index contributed by atoms with van der Waals surface area (Å²) in [5.41, 5.74) is 0.709. The van der Waals surface area contributed by atoms with E-state index in [9.17, 15) is 4.79 Å². The van der Waals surface area contributed by atoms with Crippen LogP contribution in [0.2, 0.25) is 0 Å². The molecule has 1 aliphatic rings. The fraction of sp³-hybridized carbons (Fsp3) is 0.615. The molecule has 0 aliphatic carbocycles. The number of hydrogen-bond donors (Lipinski definition) is 0. The fourth-order valence-electron chi connectivity index (χ4n) is 1.82. The molecular weight excluding hydrogens is 250 g/mol. The first-order valence-corrected chi connectivity index (χ1v) is 6.95. The number of nitrogens with zero attached hydrogens (tertiary/aromatic N) is 1. The van der Waals surface area contributed by atoms with Crippen molar-refractivity contribution in [2.24, 2.45) is 0 Å². The van der Waals surface area contributed by atoms with Gasteiger partial charge in [-0.05, 0) is 26.2 Å². The first-order chi connectivity index (χ1) is 8.37. The maximum atomic E-state index is 12.0. The number of thiophene rings is 1. The molecule has 0 bridgehead atoms. The second-order valence-corrected chi connectivity index (χ2v) is 6.27. The summed E-state index contributed by atoms with van der Waals surface area (Å²) in [6.45, 7) is 6.13. The van der Waals surface area contributed by atoms with Crippen molar-refractivity contribution in [3.05, 3.63) is 16.3 Å². The van der Waals surface area contributed by atoms with Gasteiger partial charge in [0, 0.05) is 24.4 Å². The predicted octanol–water partition coefficient (Wildman–Crippen LogP) is 2.92. The molecule has 4 nitrogen and oxygen atoms in total. The number of likely N-dealkylation sites (N-methyl/N-ethyl adjacent to an activating group) is 1. The average molecular weight is 269 g/mol. The zero-order chi connectivity index (χ0) is 13.3. The number of amides is 1. The molecule has 0 unspecified atom stereocenters. The smallest absolute Gasteiger partial charge is 0.410 e. The summed E-state index contributed by atoms with van der Waals surface area (Å²) < 4.78 is 11.0. The molecule has 2 rings (SSSR count). The van der Waals surface area contributed by atoms with Gasteiger partial charge in [-0.25, -0.2) is 4.79 Å². The van der Waals surface area contributed by atoms with Crippen molar-refractivity contribution in [1.29, 1.82) is 0 Å². The van der Waals surface area contributed by atoms with Crippen LogP contribution in [0.1, 0.15) is 26.3 Å². The van der Waals surface area contributed by atoms with E-state index in [0.29, 0.717) is 6.61 Å². The lowest BCUT2D eigenvalue weighted by molar-refractivity contribution is 0.0160. The van der Waals surface area contributed by atoms with E-state index in [4.69, 9.17) is 9.47 Å². The van der Waals surface area contributed by atoms with Crippen molar-refractivity contribution < 1.29 is 14.3 Å². The van der Waals surface area contributed by atoms with Gasteiger partial charge in [0.2, 0.25) is 0 Å². The molecule has 18 heavy (non-hydrogen) atoms. The minimum Gasteiger partial charge on any atom is -0.490 e. The van der Waals surface area contributed by atoms with Gasteiger partial charge < -0.3 is 14.4 Å². The third kappa shape index (κ3) is 2.96. The Labute approximate surface area is 111 Å². The third-order valence-electron chi connectivity index (χ3n) is 2.82. The van der Waals surface area contributed by atoms with Crippen LogP contribution in [-0.4, -0.2) is 36.3 Å². The number of carbonyl (C=O) groups is 1. The Balaban J connectivity index is 1.99. The lowest BCUT2D eigenvalue weighted by atomic mass is 10.1. The Bertz CT molecular complexity index is 436. The Kier molecular flexibility index (Phi) is 3.52. The first kappa shape index (κ1) is 13.2. The summed E-state index contributed by atoms with van der Waals surface area (Å²) >= 11 is 1.63. The summed E-state index contributed by atoms with van der Waals surface area (Å²) in [6, 6.07) is 0.0435. The van der Waals surface area contributed by atoms with E-state index in [2.05, 4.69) is 5.38 Å². The van der Waals surface area contributed by atoms with Gasteiger partial charge in [0.05, 0.1) is 6.04 Å². The quantitative estimate of drug-likeness (QED) is 0.787. The minimum atomic E-state index is -0.464. The van der Waals surface area contributed by atoms with Gasteiger partial charge in [0.1, 0.15) is 18.0 Å². The molecule has 0 radical (unpaired) electrons. The molecule has 0 saturated heterocycles. The molecule has 5 heteroatoms.